The summed E-state index contributed by atoms with van der Waals surface area (Å²) >= 11 is 6.64. The fourth-order valence-corrected chi connectivity index (χ4v) is 4.52. The quantitative estimate of drug-likeness (QED) is 0.532. The summed E-state index contributed by atoms with van der Waals surface area (Å²) in [5.74, 6) is 1.07. The number of hydrogen-bond donors (Lipinski definition) is 1. The average Bonchev–Trinajstić information content (AvgIpc) is 3.30. The first-order chi connectivity index (χ1) is 14.5. The molecule has 0 atom stereocenters. The minimum absolute atomic E-state index is 0.0812. The maximum Gasteiger partial charge on any atom is 0.266 e. The molecule has 4 rings (SSSR count). The van der Waals surface area contributed by atoms with E-state index in [0.717, 1.165) is 16.8 Å². The molecule has 1 saturated heterocycles. The number of thioether (sulfide) groups is 1. The van der Waals surface area contributed by atoms with Crippen LogP contribution in [0.15, 0.2) is 47.4 Å². The predicted molar refractivity (Wildman–Crippen MR) is 121 cm³/mol. The van der Waals surface area contributed by atoms with Gasteiger partial charge in [-0.3, -0.25) is 14.5 Å². The standard InChI is InChI=1S/C22H20N2O4S2/c1-14-6-2-3-8-16(14)23-19(25)10-5-11-24-21(26)18(30-22(24)29)12-15-7-4-9-17-20(15)28-13-27-17/h2-4,6-9,12H,5,10-11,13H2,1H3,(H,23,25). The van der Waals surface area contributed by atoms with Crippen LogP contribution in [0, 0.1) is 6.92 Å². The van der Waals surface area contributed by atoms with Gasteiger partial charge in [0.05, 0.1) is 4.91 Å². The highest BCUT2D eigenvalue weighted by Gasteiger charge is 2.32. The Bertz CT molecular complexity index is 1050. The van der Waals surface area contributed by atoms with Gasteiger partial charge >= 0.3 is 0 Å². The SMILES string of the molecule is Cc1ccccc1NC(=O)CCCN1C(=O)C(=Cc2cccc3c2OCO3)SC1=S. The van der Waals surface area contributed by atoms with Crippen molar-refractivity contribution in [1.82, 2.24) is 4.90 Å². The Balaban J connectivity index is 1.35. The topological polar surface area (TPSA) is 67.9 Å². The van der Waals surface area contributed by atoms with Crippen LogP contribution in [-0.2, 0) is 9.59 Å². The van der Waals surface area contributed by atoms with Gasteiger partial charge in [-0.1, -0.05) is 54.3 Å². The van der Waals surface area contributed by atoms with Gasteiger partial charge in [0.1, 0.15) is 4.32 Å². The van der Waals surface area contributed by atoms with E-state index in [-0.39, 0.29) is 18.6 Å². The molecule has 154 valence electrons. The fourth-order valence-electron chi connectivity index (χ4n) is 3.22. The first-order valence-electron chi connectivity index (χ1n) is 9.52. The highest BCUT2D eigenvalue weighted by molar-refractivity contribution is 8.26. The number of para-hydroxylation sites is 2. The highest BCUT2D eigenvalue weighted by atomic mass is 32.2. The van der Waals surface area contributed by atoms with E-state index in [9.17, 15) is 9.59 Å². The second kappa shape index (κ2) is 8.89. The number of thiocarbonyl (C=S) groups is 1. The lowest BCUT2D eigenvalue weighted by atomic mass is 10.1. The van der Waals surface area contributed by atoms with Crippen LogP contribution in [0.2, 0.25) is 0 Å². The second-order valence-electron chi connectivity index (χ2n) is 6.88. The molecule has 1 fully saturated rings. The summed E-state index contributed by atoms with van der Waals surface area (Å²) in [6, 6.07) is 13.2. The molecule has 2 heterocycles. The molecule has 0 unspecified atom stereocenters. The maximum absolute atomic E-state index is 12.8. The smallest absolute Gasteiger partial charge is 0.266 e. The van der Waals surface area contributed by atoms with E-state index in [1.165, 1.54) is 11.8 Å². The lowest BCUT2D eigenvalue weighted by Gasteiger charge is -2.14. The van der Waals surface area contributed by atoms with Gasteiger partial charge in [0.15, 0.2) is 11.5 Å². The number of carbonyl (C=O) groups is 2. The average molecular weight is 441 g/mol. The summed E-state index contributed by atoms with van der Waals surface area (Å²) in [5.41, 5.74) is 2.59. The van der Waals surface area contributed by atoms with Gasteiger partial charge in [0, 0.05) is 24.2 Å². The zero-order chi connectivity index (χ0) is 21.1. The minimum atomic E-state index is -0.152. The molecule has 0 aromatic heterocycles. The summed E-state index contributed by atoms with van der Waals surface area (Å²) in [4.78, 5) is 27.1. The van der Waals surface area contributed by atoms with Crippen molar-refractivity contribution in [2.24, 2.45) is 0 Å². The molecule has 0 aliphatic carbocycles. The number of carbonyl (C=O) groups excluding carboxylic acids is 2. The third kappa shape index (κ3) is 4.34. The first kappa shape index (κ1) is 20.4. The van der Waals surface area contributed by atoms with Crippen molar-refractivity contribution >= 4 is 51.9 Å². The summed E-state index contributed by atoms with van der Waals surface area (Å²) in [7, 11) is 0. The Kier molecular flexibility index (Phi) is 6.06. The van der Waals surface area contributed by atoms with Gasteiger partial charge in [0.25, 0.3) is 5.91 Å². The van der Waals surface area contributed by atoms with Crippen molar-refractivity contribution in [3.8, 4) is 11.5 Å². The van der Waals surface area contributed by atoms with Gasteiger partial charge in [-0.05, 0) is 37.1 Å². The predicted octanol–water partition coefficient (Wildman–Crippen LogP) is 4.34. The third-order valence-corrected chi connectivity index (χ3v) is 6.17. The molecular weight excluding hydrogens is 420 g/mol. The molecule has 2 amide bonds. The monoisotopic (exact) mass is 440 g/mol. The zero-order valence-electron chi connectivity index (χ0n) is 16.3. The van der Waals surface area contributed by atoms with Crippen LogP contribution in [0.5, 0.6) is 11.5 Å². The Labute approximate surface area is 184 Å². The van der Waals surface area contributed by atoms with Gasteiger partial charge in [-0.15, -0.1) is 0 Å². The number of ether oxygens (including phenoxy) is 2. The molecule has 2 aliphatic heterocycles. The second-order valence-corrected chi connectivity index (χ2v) is 8.56. The van der Waals surface area contributed by atoms with Crippen molar-refractivity contribution in [3.05, 3.63) is 58.5 Å². The Morgan fingerprint density at radius 1 is 1.23 bits per heavy atom. The van der Waals surface area contributed by atoms with Crippen molar-refractivity contribution in [3.63, 3.8) is 0 Å². The number of anilines is 1. The number of nitrogens with zero attached hydrogens (tertiary/aromatic N) is 1. The lowest BCUT2D eigenvalue weighted by Crippen LogP contribution is -2.29. The molecule has 0 spiro atoms. The summed E-state index contributed by atoms with van der Waals surface area (Å²) in [6.45, 7) is 2.52. The van der Waals surface area contributed by atoms with E-state index in [1.54, 1.807) is 11.0 Å². The lowest BCUT2D eigenvalue weighted by molar-refractivity contribution is -0.122. The molecule has 8 heteroatoms. The number of nitrogens with one attached hydrogen (secondary N) is 1. The van der Waals surface area contributed by atoms with Gasteiger partial charge in [0.2, 0.25) is 12.7 Å². The van der Waals surface area contributed by atoms with Crippen LogP contribution in [0.4, 0.5) is 5.69 Å². The van der Waals surface area contributed by atoms with Crippen LogP contribution >= 0.6 is 24.0 Å². The Morgan fingerprint density at radius 2 is 2.07 bits per heavy atom. The molecule has 2 aromatic rings. The molecule has 30 heavy (non-hydrogen) atoms. The van der Waals surface area contributed by atoms with Crippen molar-refractivity contribution in [2.75, 3.05) is 18.7 Å². The maximum atomic E-state index is 12.8. The number of rotatable bonds is 6. The zero-order valence-corrected chi connectivity index (χ0v) is 18.0. The normalized spacial score (nSPS) is 16.4. The molecule has 2 aromatic carbocycles. The molecule has 1 N–H and O–H groups in total. The van der Waals surface area contributed by atoms with Crippen LogP contribution in [0.1, 0.15) is 24.0 Å². The molecule has 6 nitrogen and oxygen atoms in total. The molecule has 0 bridgehead atoms. The minimum Gasteiger partial charge on any atom is -0.454 e. The number of hydrogen-bond acceptors (Lipinski definition) is 6. The van der Waals surface area contributed by atoms with E-state index in [0.29, 0.717) is 40.1 Å². The van der Waals surface area contributed by atoms with Crippen LogP contribution in [0.25, 0.3) is 6.08 Å². The number of aryl methyl sites for hydroxylation is 1. The van der Waals surface area contributed by atoms with E-state index >= 15 is 0 Å². The summed E-state index contributed by atoms with van der Waals surface area (Å²) in [5, 5.41) is 2.91. The van der Waals surface area contributed by atoms with E-state index < -0.39 is 0 Å². The van der Waals surface area contributed by atoms with Crippen molar-refractivity contribution in [1.29, 1.82) is 0 Å². The van der Waals surface area contributed by atoms with Gasteiger partial charge in [-0.2, -0.15) is 0 Å². The van der Waals surface area contributed by atoms with Crippen LogP contribution in [-0.4, -0.2) is 34.4 Å². The summed E-state index contributed by atoms with van der Waals surface area (Å²) < 4.78 is 11.4. The van der Waals surface area contributed by atoms with Crippen LogP contribution in [0.3, 0.4) is 0 Å². The number of fused-ring (bicyclic) bond motifs is 1. The Hall–Kier alpha value is -2.84. The van der Waals surface area contributed by atoms with E-state index in [4.69, 9.17) is 21.7 Å². The Morgan fingerprint density at radius 3 is 2.90 bits per heavy atom. The van der Waals surface area contributed by atoms with Gasteiger partial charge in [-0.25, -0.2) is 0 Å². The molecular formula is C22H20N2O4S2. The van der Waals surface area contributed by atoms with Crippen molar-refractivity contribution < 1.29 is 19.1 Å². The van der Waals surface area contributed by atoms with E-state index in [2.05, 4.69) is 5.32 Å². The van der Waals surface area contributed by atoms with Gasteiger partial charge < -0.3 is 14.8 Å². The molecule has 0 radical (unpaired) electrons. The third-order valence-electron chi connectivity index (χ3n) is 4.79. The first-order valence-corrected chi connectivity index (χ1v) is 10.7. The number of benzene rings is 2. The highest BCUT2D eigenvalue weighted by Crippen LogP contribution is 2.39. The largest absolute Gasteiger partial charge is 0.454 e. The molecule has 2 aliphatic rings. The van der Waals surface area contributed by atoms with Crippen LogP contribution < -0.4 is 14.8 Å². The van der Waals surface area contributed by atoms with Crippen molar-refractivity contribution in [2.45, 2.75) is 19.8 Å². The molecule has 0 saturated carbocycles. The number of amides is 2. The fraction of sp³-hybridized carbons (Fsp3) is 0.227. The van der Waals surface area contributed by atoms with E-state index in [1.807, 2.05) is 49.4 Å². The summed E-state index contributed by atoms with van der Waals surface area (Å²) in [6.07, 6.45) is 2.61.